The molecule has 0 amide bonds. The maximum atomic E-state index is 6.11. The summed E-state index contributed by atoms with van der Waals surface area (Å²) in [6.07, 6.45) is 0. The van der Waals surface area contributed by atoms with Gasteiger partial charge in [0, 0.05) is 23.7 Å². The molecule has 0 fully saturated rings. The summed E-state index contributed by atoms with van der Waals surface area (Å²) in [5, 5.41) is 4.22. The van der Waals surface area contributed by atoms with Gasteiger partial charge in [0.25, 0.3) is 0 Å². The van der Waals surface area contributed by atoms with E-state index < -0.39 is 0 Å². The molecule has 0 radical (unpaired) electrons. The number of aryl methyl sites for hydroxylation is 1. The lowest BCUT2D eigenvalue weighted by Gasteiger charge is -2.10. The van der Waals surface area contributed by atoms with Crippen molar-refractivity contribution in [2.75, 3.05) is 7.11 Å². The molecule has 3 heteroatoms. The van der Waals surface area contributed by atoms with Gasteiger partial charge in [-0.25, -0.2) is 0 Å². The van der Waals surface area contributed by atoms with Crippen molar-refractivity contribution in [3.63, 3.8) is 0 Å². The molecule has 100 valence electrons. The molecule has 19 heavy (non-hydrogen) atoms. The first kappa shape index (κ1) is 13.9. The minimum absolute atomic E-state index is 0.773. The Labute approximate surface area is 119 Å². The van der Waals surface area contributed by atoms with Crippen LogP contribution >= 0.6 is 11.6 Å². The third-order valence-corrected chi connectivity index (χ3v) is 3.48. The third-order valence-electron chi connectivity index (χ3n) is 3.07. The van der Waals surface area contributed by atoms with Crippen molar-refractivity contribution in [3.05, 3.63) is 64.2 Å². The highest BCUT2D eigenvalue weighted by Crippen LogP contribution is 2.18. The first-order chi connectivity index (χ1) is 9.20. The number of nitrogens with one attached hydrogen (secondary N) is 1. The summed E-state index contributed by atoms with van der Waals surface area (Å²) < 4.78 is 5.32. The molecule has 0 aliphatic heterocycles. The molecule has 0 unspecified atom stereocenters. The van der Waals surface area contributed by atoms with Crippen molar-refractivity contribution in [1.29, 1.82) is 0 Å². The molecule has 0 saturated carbocycles. The minimum atomic E-state index is 0.773. The molecule has 0 aromatic heterocycles. The van der Waals surface area contributed by atoms with E-state index in [4.69, 9.17) is 16.3 Å². The van der Waals surface area contributed by atoms with Crippen LogP contribution in [0.2, 0.25) is 5.02 Å². The van der Waals surface area contributed by atoms with Crippen LogP contribution in [0.3, 0.4) is 0 Å². The number of rotatable bonds is 5. The summed E-state index contributed by atoms with van der Waals surface area (Å²) in [6.45, 7) is 3.57. The Morgan fingerprint density at radius 3 is 2.63 bits per heavy atom. The Balaban J connectivity index is 1.94. The van der Waals surface area contributed by atoms with Crippen LogP contribution in [0.5, 0.6) is 5.75 Å². The molecule has 0 spiro atoms. The average molecular weight is 276 g/mol. The maximum Gasteiger partial charge on any atom is 0.123 e. The molecule has 0 saturated heterocycles. The highest BCUT2D eigenvalue weighted by atomic mass is 35.5. The first-order valence-electron chi connectivity index (χ1n) is 6.28. The minimum Gasteiger partial charge on any atom is -0.496 e. The number of halogens is 1. The van der Waals surface area contributed by atoms with Crippen LogP contribution < -0.4 is 10.1 Å². The molecule has 0 heterocycles. The predicted molar refractivity (Wildman–Crippen MR) is 79.7 cm³/mol. The van der Waals surface area contributed by atoms with Gasteiger partial charge in [-0.1, -0.05) is 41.9 Å². The van der Waals surface area contributed by atoms with E-state index in [2.05, 4.69) is 17.4 Å². The number of ether oxygens (including phenoxy) is 1. The second-order valence-corrected chi connectivity index (χ2v) is 4.91. The lowest BCUT2D eigenvalue weighted by atomic mass is 10.1. The Bertz CT molecular complexity index is 554. The van der Waals surface area contributed by atoms with E-state index in [9.17, 15) is 0 Å². The standard InChI is InChI=1S/C16H18ClNO/c1-12-7-8-13(9-15(12)17)10-18-11-14-5-3-4-6-16(14)19-2/h3-9,18H,10-11H2,1-2H3. The zero-order chi connectivity index (χ0) is 13.7. The number of para-hydroxylation sites is 1. The van der Waals surface area contributed by atoms with Gasteiger partial charge in [-0.05, 0) is 30.2 Å². The van der Waals surface area contributed by atoms with Crippen LogP contribution in [-0.4, -0.2) is 7.11 Å². The SMILES string of the molecule is COc1ccccc1CNCc1ccc(C)c(Cl)c1. The van der Waals surface area contributed by atoms with Crippen molar-refractivity contribution in [2.45, 2.75) is 20.0 Å². The summed E-state index contributed by atoms with van der Waals surface area (Å²) in [5.41, 5.74) is 3.45. The molecule has 2 aromatic rings. The van der Waals surface area contributed by atoms with Gasteiger partial charge >= 0.3 is 0 Å². The van der Waals surface area contributed by atoms with E-state index in [1.54, 1.807) is 7.11 Å². The highest BCUT2D eigenvalue weighted by molar-refractivity contribution is 6.31. The summed E-state index contributed by atoms with van der Waals surface area (Å²) in [6, 6.07) is 14.2. The van der Waals surface area contributed by atoms with E-state index in [-0.39, 0.29) is 0 Å². The van der Waals surface area contributed by atoms with Crippen molar-refractivity contribution in [3.8, 4) is 5.75 Å². The van der Waals surface area contributed by atoms with Crippen molar-refractivity contribution in [1.82, 2.24) is 5.32 Å². The lowest BCUT2D eigenvalue weighted by Crippen LogP contribution is -2.13. The van der Waals surface area contributed by atoms with E-state index >= 15 is 0 Å². The molecule has 2 aromatic carbocycles. The topological polar surface area (TPSA) is 21.3 Å². The smallest absolute Gasteiger partial charge is 0.123 e. The summed E-state index contributed by atoms with van der Waals surface area (Å²) >= 11 is 6.11. The van der Waals surface area contributed by atoms with Gasteiger partial charge in [-0.2, -0.15) is 0 Å². The lowest BCUT2D eigenvalue weighted by molar-refractivity contribution is 0.407. The van der Waals surface area contributed by atoms with Crippen LogP contribution in [0.15, 0.2) is 42.5 Å². The van der Waals surface area contributed by atoms with Crippen molar-refractivity contribution in [2.24, 2.45) is 0 Å². The van der Waals surface area contributed by atoms with Crippen LogP contribution in [0.25, 0.3) is 0 Å². The Morgan fingerprint density at radius 1 is 1.11 bits per heavy atom. The van der Waals surface area contributed by atoms with Gasteiger partial charge in [0.1, 0.15) is 5.75 Å². The maximum absolute atomic E-state index is 6.11. The number of hydrogen-bond donors (Lipinski definition) is 1. The molecule has 0 aliphatic carbocycles. The molecule has 1 N–H and O–H groups in total. The van der Waals surface area contributed by atoms with Gasteiger partial charge in [0.15, 0.2) is 0 Å². The first-order valence-corrected chi connectivity index (χ1v) is 6.66. The molecular formula is C16H18ClNO. The monoisotopic (exact) mass is 275 g/mol. The van der Waals surface area contributed by atoms with Gasteiger partial charge in [-0.3, -0.25) is 0 Å². The Kier molecular flexibility index (Phi) is 4.83. The molecule has 0 aliphatic rings. The Hall–Kier alpha value is -1.51. The zero-order valence-corrected chi connectivity index (χ0v) is 12.0. The number of hydrogen-bond acceptors (Lipinski definition) is 2. The van der Waals surface area contributed by atoms with E-state index in [0.717, 1.165) is 35.0 Å². The molecule has 0 atom stereocenters. The predicted octanol–water partition coefficient (Wildman–Crippen LogP) is 3.95. The quantitative estimate of drug-likeness (QED) is 0.892. The summed E-state index contributed by atoms with van der Waals surface area (Å²) in [7, 11) is 1.69. The number of methoxy groups -OCH3 is 1. The zero-order valence-electron chi connectivity index (χ0n) is 11.2. The van der Waals surface area contributed by atoms with Crippen molar-refractivity contribution < 1.29 is 4.74 Å². The van der Waals surface area contributed by atoms with E-state index in [1.807, 2.05) is 37.3 Å². The van der Waals surface area contributed by atoms with Crippen LogP contribution in [0.4, 0.5) is 0 Å². The van der Waals surface area contributed by atoms with Crippen molar-refractivity contribution >= 4 is 11.6 Å². The normalized spacial score (nSPS) is 10.5. The average Bonchev–Trinajstić information content (AvgIpc) is 2.43. The van der Waals surface area contributed by atoms with Gasteiger partial charge in [-0.15, -0.1) is 0 Å². The molecule has 2 rings (SSSR count). The molecule has 2 nitrogen and oxygen atoms in total. The molecule has 0 bridgehead atoms. The Morgan fingerprint density at radius 2 is 1.89 bits per heavy atom. The van der Waals surface area contributed by atoms with Gasteiger partial charge in [0.05, 0.1) is 7.11 Å². The second kappa shape index (κ2) is 6.60. The fraction of sp³-hybridized carbons (Fsp3) is 0.250. The number of benzene rings is 2. The second-order valence-electron chi connectivity index (χ2n) is 4.50. The summed E-state index contributed by atoms with van der Waals surface area (Å²) in [4.78, 5) is 0. The third kappa shape index (κ3) is 3.72. The van der Waals surface area contributed by atoms with Crippen LogP contribution in [0.1, 0.15) is 16.7 Å². The van der Waals surface area contributed by atoms with E-state index in [1.165, 1.54) is 5.56 Å². The van der Waals surface area contributed by atoms with Crippen LogP contribution in [-0.2, 0) is 13.1 Å². The summed E-state index contributed by atoms with van der Waals surface area (Å²) in [5.74, 6) is 0.914. The molecular weight excluding hydrogens is 258 g/mol. The van der Waals surface area contributed by atoms with E-state index in [0.29, 0.717) is 0 Å². The highest BCUT2D eigenvalue weighted by Gasteiger charge is 2.02. The fourth-order valence-corrected chi connectivity index (χ4v) is 2.14. The fourth-order valence-electron chi connectivity index (χ4n) is 1.94. The largest absolute Gasteiger partial charge is 0.496 e. The van der Waals surface area contributed by atoms with Crippen LogP contribution in [0, 0.1) is 6.92 Å². The van der Waals surface area contributed by atoms with Gasteiger partial charge in [0.2, 0.25) is 0 Å². The van der Waals surface area contributed by atoms with Gasteiger partial charge < -0.3 is 10.1 Å².